The highest BCUT2D eigenvalue weighted by Gasteiger charge is 2.03. The minimum atomic E-state index is 0.761. The summed E-state index contributed by atoms with van der Waals surface area (Å²) in [5.74, 6) is 0. The summed E-state index contributed by atoms with van der Waals surface area (Å²) in [6.45, 7) is 3.96. The van der Waals surface area contributed by atoms with Gasteiger partial charge in [-0.05, 0) is 35.9 Å². The van der Waals surface area contributed by atoms with E-state index in [9.17, 15) is 0 Å². The van der Waals surface area contributed by atoms with Gasteiger partial charge in [-0.3, -0.25) is 0 Å². The summed E-state index contributed by atoms with van der Waals surface area (Å²) >= 11 is 1.54. The molecule has 1 heterocycles. The fourth-order valence-electron chi connectivity index (χ4n) is 1.66. The van der Waals surface area contributed by atoms with Gasteiger partial charge in [-0.15, -0.1) is 11.3 Å². The van der Waals surface area contributed by atoms with Crippen LogP contribution in [0.25, 0.3) is 10.4 Å². The Hall–Kier alpha value is -1.63. The number of nitrogens with zero attached hydrogens (tertiary/aromatic N) is 1. The van der Waals surface area contributed by atoms with Gasteiger partial charge in [0.2, 0.25) is 0 Å². The van der Waals surface area contributed by atoms with Crippen LogP contribution in [0.3, 0.4) is 0 Å². The maximum atomic E-state index is 8.82. The average Bonchev–Trinajstić information content (AvgIpc) is 2.85. The Bertz CT molecular complexity index is 537. The Labute approximate surface area is 106 Å². The molecule has 0 saturated heterocycles. The van der Waals surface area contributed by atoms with Gasteiger partial charge in [0.15, 0.2) is 0 Å². The van der Waals surface area contributed by atoms with Crippen LogP contribution < -0.4 is 5.32 Å². The molecule has 1 aromatic carbocycles. The molecule has 0 fully saturated rings. The zero-order chi connectivity index (χ0) is 12.1. The second-order valence-electron chi connectivity index (χ2n) is 3.76. The van der Waals surface area contributed by atoms with Crippen molar-refractivity contribution in [2.24, 2.45) is 0 Å². The van der Waals surface area contributed by atoms with Gasteiger partial charge in [0.1, 0.15) is 10.9 Å². The van der Waals surface area contributed by atoms with E-state index in [1.807, 2.05) is 12.1 Å². The molecule has 1 N–H and O–H groups in total. The zero-order valence-corrected chi connectivity index (χ0v) is 10.6. The molecule has 0 atom stereocenters. The topological polar surface area (TPSA) is 35.8 Å². The summed E-state index contributed by atoms with van der Waals surface area (Å²) in [5, 5.41) is 12.1. The number of hydrogen-bond donors (Lipinski definition) is 1. The van der Waals surface area contributed by atoms with Crippen LogP contribution in [-0.2, 0) is 6.54 Å². The van der Waals surface area contributed by atoms with Crippen molar-refractivity contribution in [2.75, 3.05) is 6.54 Å². The first-order valence-electron chi connectivity index (χ1n) is 5.63. The van der Waals surface area contributed by atoms with Gasteiger partial charge in [0.05, 0.1) is 0 Å². The van der Waals surface area contributed by atoms with E-state index in [0.717, 1.165) is 22.8 Å². The van der Waals surface area contributed by atoms with Gasteiger partial charge in [-0.2, -0.15) is 5.26 Å². The molecular formula is C14H14N2S. The van der Waals surface area contributed by atoms with Crippen molar-refractivity contribution in [3.05, 3.63) is 46.8 Å². The number of rotatable bonds is 4. The number of thiophene rings is 1. The first kappa shape index (κ1) is 11.8. The third-order valence-corrected chi connectivity index (χ3v) is 3.55. The van der Waals surface area contributed by atoms with E-state index < -0.39 is 0 Å². The van der Waals surface area contributed by atoms with Gasteiger partial charge >= 0.3 is 0 Å². The van der Waals surface area contributed by atoms with Gasteiger partial charge in [0.25, 0.3) is 0 Å². The zero-order valence-electron chi connectivity index (χ0n) is 9.73. The fraction of sp³-hybridized carbons (Fsp3) is 0.214. The highest BCUT2D eigenvalue weighted by Crippen LogP contribution is 2.28. The molecule has 0 saturated carbocycles. The molecule has 0 aliphatic carbocycles. The molecule has 2 nitrogen and oxygen atoms in total. The smallest absolute Gasteiger partial charge is 0.110 e. The minimum absolute atomic E-state index is 0.761. The van der Waals surface area contributed by atoms with Crippen molar-refractivity contribution in [1.82, 2.24) is 5.32 Å². The van der Waals surface area contributed by atoms with Crippen molar-refractivity contribution in [2.45, 2.75) is 13.5 Å². The quantitative estimate of drug-likeness (QED) is 0.892. The van der Waals surface area contributed by atoms with Crippen LogP contribution in [0, 0.1) is 11.3 Å². The maximum Gasteiger partial charge on any atom is 0.110 e. The summed E-state index contributed by atoms with van der Waals surface area (Å²) in [5.41, 5.74) is 2.46. The Morgan fingerprint density at radius 2 is 2.18 bits per heavy atom. The summed E-state index contributed by atoms with van der Waals surface area (Å²) < 4.78 is 0. The van der Waals surface area contributed by atoms with Crippen LogP contribution in [0.2, 0.25) is 0 Å². The first-order chi connectivity index (χ1) is 8.33. The molecule has 3 heteroatoms. The lowest BCUT2D eigenvalue weighted by Gasteiger charge is -2.04. The average molecular weight is 242 g/mol. The van der Waals surface area contributed by atoms with Crippen molar-refractivity contribution in [3.8, 4) is 16.5 Å². The Morgan fingerprint density at radius 1 is 1.29 bits per heavy atom. The molecule has 0 unspecified atom stereocenters. The first-order valence-corrected chi connectivity index (χ1v) is 6.45. The number of hydrogen-bond acceptors (Lipinski definition) is 3. The third kappa shape index (κ3) is 2.94. The highest BCUT2D eigenvalue weighted by molar-refractivity contribution is 7.16. The van der Waals surface area contributed by atoms with Crippen LogP contribution >= 0.6 is 11.3 Å². The van der Waals surface area contributed by atoms with Crippen molar-refractivity contribution >= 4 is 11.3 Å². The minimum Gasteiger partial charge on any atom is -0.313 e. The van der Waals surface area contributed by atoms with Crippen LogP contribution in [0.15, 0.2) is 36.4 Å². The highest BCUT2D eigenvalue weighted by atomic mass is 32.1. The van der Waals surface area contributed by atoms with E-state index >= 15 is 0 Å². The van der Waals surface area contributed by atoms with Crippen LogP contribution in [0.1, 0.15) is 17.4 Å². The number of benzene rings is 1. The summed E-state index contributed by atoms with van der Waals surface area (Å²) in [6, 6.07) is 14.5. The molecule has 0 spiro atoms. The second kappa shape index (κ2) is 5.62. The SMILES string of the molecule is CCNCc1cccc(-c2ccc(C#N)s2)c1. The largest absolute Gasteiger partial charge is 0.313 e. The van der Waals surface area contributed by atoms with Crippen molar-refractivity contribution in [1.29, 1.82) is 5.26 Å². The summed E-state index contributed by atoms with van der Waals surface area (Å²) in [6.07, 6.45) is 0. The van der Waals surface area contributed by atoms with Crippen LogP contribution in [0.5, 0.6) is 0 Å². The van der Waals surface area contributed by atoms with Crippen molar-refractivity contribution in [3.63, 3.8) is 0 Å². The molecule has 17 heavy (non-hydrogen) atoms. The Morgan fingerprint density at radius 3 is 2.88 bits per heavy atom. The molecule has 0 aliphatic heterocycles. The number of nitriles is 1. The molecule has 1 aromatic heterocycles. The third-order valence-electron chi connectivity index (χ3n) is 2.51. The summed E-state index contributed by atoms with van der Waals surface area (Å²) in [7, 11) is 0. The van der Waals surface area contributed by atoms with E-state index in [-0.39, 0.29) is 0 Å². The van der Waals surface area contributed by atoms with Gasteiger partial charge in [-0.25, -0.2) is 0 Å². The standard InChI is InChI=1S/C14H14N2S/c1-2-16-10-11-4-3-5-12(8-11)14-7-6-13(9-15)17-14/h3-8,16H,2,10H2,1H3. The molecule has 0 aliphatic rings. The second-order valence-corrected chi connectivity index (χ2v) is 4.84. The number of nitrogens with one attached hydrogen (secondary N) is 1. The molecule has 86 valence electrons. The lowest BCUT2D eigenvalue weighted by atomic mass is 10.1. The summed E-state index contributed by atoms with van der Waals surface area (Å²) in [4.78, 5) is 1.91. The molecule has 0 amide bonds. The van der Waals surface area contributed by atoms with Gasteiger partial charge in [0, 0.05) is 11.4 Å². The normalized spacial score (nSPS) is 10.1. The molecule has 0 bridgehead atoms. The Kier molecular flexibility index (Phi) is 3.92. The van der Waals surface area contributed by atoms with E-state index in [2.05, 4.69) is 42.6 Å². The molecule has 2 aromatic rings. The predicted molar refractivity (Wildman–Crippen MR) is 71.9 cm³/mol. The van der Waals surface area contributed by atoms with Crippen LogP contribution in [-0.4, -0.2) is 6.54 Å². The van der Waals surface area contributed by atoms with E-state index in [1.165, 1.54) is 22.5 Å². The molecule has 0 radical (unpaired) electrons. The van der Waals surface area contributed by atoms with E-state index in [1.54, 1.807) is 0 Å². The Balaban J connectivity index is 2.23. The fourth-order valence-corrected chi connectivity index (χ4v) is 2.46. The monoisotopic (exact) mass is 242 g/mol. The molecule has 2 rings (SSSR count). The van der Waals surface area contributed by atoms with Gasteiger partial charge in [-0.1, -0.05) is 25.1 Å². The maximum absolute atomic E-state index is 8.82. The lowest BCUT2D eigenvalue weighted by molar-refractivity contribution is 0.727. The lowest BCUT2D eigenvalue weighted by Crippen LogP contribution is -2.11. The predicted octanol–water partition coefficient (Wildman–Crippen LogP) is 3.40. The van der Waals surface area contributed by atoms with E-state index in [0.29, 0.717) is 0 Å². The van der Waals surface area contributed by atoms with Gasteiger partial charge < -0.3 is 5.32 Å². The van der Waals surface area contributed by atoms with Crippen molar-refractivity contribution < 1.29 is 0 Å². The van der Waals surface area contributed by atoms with E-state index in [4.69, 9.17) is 5.26 Å². The molecular weight excluding hydrogens is 228 g/mol. The van der Waals surface area contributed by atoms with Crippen LogP contribution in [0.4, 0.5) is 0 Å².